The number of β-amino-alcohol motifs (C(OH)–C–C–N with tert-alkyl or cyclic N) is 1. The molecule has 0 spiro atoms. The second kappa shape index (κ2) is 8.97. The van der Waals surface area contributed by atoms with Crippen LogP contribution >= 0.6 is 0 Å². The summed E-state index contributed by atoms with van der Waals surface area (Å²) in [5, 5.41) is 26.7. The molecule has 0 saturated carbocycles. The summed E-state index contributed by atoms with van der Waals surface area (Å²) in [5.74, 6) is 2.17. The summed E-state index contributed by atoms with van der Waals surface area (Å²) in [6.45, 7) is 9.65. The normalized spacial score (nSPS) is 18.9. The molecule has 2 saturated heterocycles. The molecule has 9 nitrogen and oxygen atoms in total. The van der Waals surface area contributed by atoms with Gasteiger partial charge in [-0.2, -0.15) is 4.98 Å². The molecule has 3 N–H and O–H groups in total. The number of hydrogen-bond donors (Lipinski definition) is 3. The van der Waals surface area contributed by atoms with Crippen molar-refractivity contribution >= 4 is 34.3 Å². The van der Waals surface area contributed by atoms with Gasteiger partial charge in [0.1, 0.15) is 17.2 Å². The summed E-state index contributed by atoms with van der Waals surface area (Å²) < 4.78 is 0. The molecule has 3 aromatic rings. The van der Waals surface area contributed by atoms with Crippen LogP contribution in [0.2, 0.25) is 0 Å². The lowest BCUT2D eigenvalue weighted by Crippen LogP contribution is -2.60. The van der Waals surface area contributed by atoms with E-state index < -0.39 is 11.2 Å². The van der Waals surface area contributed by atoms with Crippen molar-refractivity contribution in [1.82, 2.24) is 19.9 Å². The van der Waals surface area contributed by atoms with Crippen LogP contribution in [0, 0.1) is 0 Å². The largest absolute Gasteiger partial charge is 0.390 e. The highest BCUT2D eigenvalue weighted by molar-refractivity contribution is 5.91. The van der Waals surface area contributed by atoms with Gasteiger partial charge in [-0.15, -0.1) is 0 Å². The molecule has 2 fully saturated rings. The molecule has 190 valence electrons. The zero-order chi connectivity index (χ0) is 25.7. The fraction of sp³-hybridized carbons (Fsp3) is 0.481. The van der Waals surface area contributed by atoms with E-state index in [9.17, 15) is 15.0 Å². The number of nitrogens with one attached hydrogen (secondary N) is 1. The molecule has 0 unspecified atom stereocenters. The summed E-state index contributed by atoms with van der Waals surface area (Å²) in [7, 11) is 0. The van der Waals surface area contributed by atoms with Crippen LogP contribution in [0.5, 0.6) is 0 Å². The predicted molar refractivity (Wildman–Crippen MR) is 139 cm³/mol. The van der Waals surface area contributed by atoms with Gasteiger partial charge in [-0.25, -0.2) is 9.97 Å². The third-order valence-corrected chi connectivity index (χ3v) is 7.43. The highest BCUT2D eigenvalue weighted by Crippen LogP contribution is 2.39. The fourth-order valence-electron chi connectivity index (χ4n) is 5.11. The number of pyridine rings is 1. The van der Waals surface area contributed by atoms with E-state index >= 15 is 0 Å². The monoisotopic (exact) mass is 490 g/mol. The number of rotatable bonds is 5. The number of anilines is 3. The summed E-state index contributed by atoms with van der Waals surface area (Å²) in [4.78, 5) is 29.2. The molecule has 9 heteroatoms. The molecule has 0 radical (unpaired) electrons. The summed E-state index contributed by atoms with van der Waals surface area (Å²) in [5.41, 5.74) is 0.250. The van der Waals surface area contributed by atoms with E-state index in [0.717, 1.165) is 21.9 Å². The van der Waals surface area contributed by atoms with E-state index in [1.165, 1.54) is 6.92 Å². The van der Waals surface area contributed by atoms with E-state index in [1.54, 1.807) is 17.3 Å². The number of benzene rings is 1. The molecular formula is C27H34N6O3. The van der Waals surface area contributed by atoms with Crippen molar-refractivity contribution in [2.75, 3.05) is 36.4 Å². The molecule has 2 aromatic heterocycles. The van der Waals surface area contributed by atoms with Crippen molar-refractivity contribution in [3.63, 3.8) is 0 Å². The molecule has 2 aliphatic heterocycles. The van der Waals surface area contributed by atoms with Crippen LogP contribution in [0.3, 0.4) is 0 Å². The highest BCUT2D eigenvalue weighted by Gasteiger charge is 2.45. The number of piperidine rings is 1. The first kappa shape index (κ1) is 24.4. The van der Waals surface area contributed by atoms with Gasteiger partial charge < -0.3 is 25.3 Å². The van der Waals surface area contributed by atoms with Crippen LogP contribution in [-0.2, 0) is 10.4 Å². The zero-order valence-corrected chi connectivity index (χ0v) is 21.3. The number of likely N-dealkylation sites (tertiary alicyclic amines) is 1. The van der Waals surface area contributed by atoms with Crippen molar-refractivity contribution in [2.45, 2.75) is 57.7 Å². The Morgan fingerprint density at radius 1 is 1.06 bits per heavy atom. The first-order valence-electron chi connectivity index (χ1n) is 12.5. The Balaban J connectivity index is 1.43. The SMILES string of the molecule is CC(=O)N1CC(O)(c2ccc(C(C)C)c3cc(Nc4ccnc(N5CCC(C)(O)CC5)n4)ncc23)C1. The Hall–Kier alpha value is -3.30. The Morgan fingerprint density at radius 2 is 1.78 bits per heavy atom. The van der Waals surface area contributed by atoms with E-state index in [2.05, 4.69) is 45.1 Å². The van der Waals surface area contributed by atoms with Gasteiger partial charge >= 0.3 is 0 Å². The van der Waals surface area contributed by atoms with Crippen molar-refractivity contribution < 1.29 is 15.0 Å². The molecule has 0 bridgehead atoms. The van der Waals surface area contributed by atoms with Gasteiger partial charge in [-0.1, -0.05) is 26.0 Å². The minimum atomic E-state index is -1.07. The van der Waals surface area contributed by atoms with Gasteiger partial charge in [0.25, 0.3) is 0 Å². The molecule has 1 aromatic carbocycles. The number of aromatic nitrogens is 3. The van der Waals surface area contributed by atoms with Crippen LogP contribution in [0.1, 0.15) is 57.6 Å². The number of carbonyl (C=O) groups excluding carboxylic acids is 1. The minimum absolute atomic E-state index is 0.0356. The number of nitrogens with zero attached hydrogens (tertiary/aromatic N) is 5. The maximum absolute atomic E-state index is 11.7. The summed E-state index contributed by atoms with van der Waals surface area (Å²) in [6, 6.07) is 7.84. The number of hydrogen-bond acceptors (Lipinski definition) is 8. The van der Waals surface area contributed by atoms with Gasteiger partial charge in [0, 0.05) is 37.8 Å². The van der Waals surface area contributed by atoms with Crippen molar-refractivity contribution in [3.8, 4) is 0 Å². The van der Waals surface area contributed by atoms with E-state index in [-0.39, 0.29) is 24.9 Å². The van der Waals surface area contributed by atoms with Crippen LogP contribution in [0.4, 0.5) is 17.6 Å². The van der Waals surface area contributed by atoms with E-state index in [0.29, 0.717) is 43.5 Å². The van der Waals surface area contributed by atoms with Gasteiger partial charge in [0.05, 0.1) is 18.7 Å². The van der Waals surface area contributed by atoms with Gasteiger partial charge in [0.2, 0.25) is 11.9 Å². The van der Waals surface area contributed by atoms with Crippen LogP contribution in [-0.4, -0.2) is 67.8 Å². The number of aliphatic hydroxyl groups is 2. The van der Waals surface area contributed by atoms with Crippen LogP contribution in [0.25, 0.3) is 10.8 Å². The van der Waals surface area contributed by atoms with Crippen molar-refractivity contribution in [3.05, 3.63) is 47.8 Å². The van der Waals surface area contributed by atoms with E-state index in [1.807, 2.05) is 25.1 Å². The average Bonchev–Trinajstić information content (AvgIpc) is 2.81. The first-order chi connectivity index (χ1) is 17.0. The lowest BCUT2D eigenvalue weighted by atomic mass is 9.81. The molecule has 5 rings (SSSR count). The van der Waals surface area contributed by atoms with Gasteiger partial charge in [0.15, 0.2) is 0 Å². The van der Waals surface area contributed by atoms with Gasteiger partial charge in [-0.05, 0) is 54.3 Å². The molecule has 0 atom stereocenters. The van der Waals surface area contributed by atoms with Crippen molar-refractivity contribution in [2.24, 2.45) is 0 Å². The topological polar surface area (TPSA) is 115 Å². The van der Waals surface area contributed by atoms with Crippen LogP contribution < -0.4 is 10.2 Å². The third kappa shape index (κ3) is 4.60. The van der Waals surface area contributed by atoms with Gasteiger partial charge in [-0.3, -0.25) is 4.79 Å². The Labute approximate surface area is 211 Å². The Morgan fingerprint density at radius 3 is 2.44 bits per heavy atom. The smallest absolute Gasteiger partial charge is 0.227 e. The highest BCUT2D eigenvalue weighted by atomic mass is 16.3. The average molecular weight is 491 g/mol. The van der Waals surface area contributed by atoms with Crippen LogP contribution in [0.15, 0.2) is 36.7 Å². The first-order valence-corrected chi connectivity index (χ1v) is 12.5. The fourth-order valence-corrected chi connectivity index (χ4v) is 5.11. The van der Waals surface area contributed by atoms with E-state index in [4.69, 9.17) is 0 Å². The Kier molecular flexibility index (Phi) is 6.08. The maximum Gasteiger partial charge on any atom is 0.227 e. The lowest BCUT2D eigenvalue weighted by Gasteiger charge is -2.46. The molecule has 2 aliphatic rings. The number of amides is 1. The van der Waals surface area contributed by atoms with Crippen molar-refractivity contribution in [1.29, 1.82) is 0 Å². The minimum Gasteiger partial charge on any atom is -0.390 e. The summed E-state index contributed by atoms with van der Waals surface area (Å²) >= 11 is 0. The summed E-state index contributed by atoms with van der Waals surface area (Å²) in [6.07, 6.45) is 4.87. The number of fused-ring (bicyclic) bond motifs is 1. The standard InChI is InChI=1S/C27H34N6O3/c1-17(2)19-5-6-22(27(36)15-33(16-27)18(3)34)21-14-29-24(13-20(19)21)30-23-7-10-28-25(31-23)32-11-8-26(4,35)9-12-32/h5-7,10,13-14,17,35-36H,8-9,11-12,15-16H2,1-4H3,(H,28,29,30,31). The molecular weight excluding hydrogens is 456 g/mol. The second-order valence-electron chi connectivity index (χ2n) is 10.7. The lowest BCUT2D eigenvalue weighted by molar-refractivity contribution is -0.154. The molecule has 0 aliphatic carbocycles. The molecule has 4 heterocycles. The maximum atomic E-state index is 11.7. The Bertz CT molecular complexity index is 1290. The quantitative estimate of drug-likeness (QED) is 0.499. The predicted octanol–water partition coefficient (Wildman–Crippen LogP) is 3.29. The number of carbonyl (C=O) groups is 1. The molecule has 36 heavy (non-hydrogen) atoms. The third-order valence-electron chi connectivity index (χ3n) is 7.43. The molecule has 1 amide bonds. The second-order valence-corrected chi connectivity index (χ2v) is 10.7. The zero-order valence-electron chi connectivity index (χ0n) is 21.3.